The summed E-state index contributed by atoms with van der Waals surface area (Å²) in [7, 11) is 0. The van der Waals surface area contributed by atoms with E-state index >= 15 is 0 Å². The maximum Gasteiger partial charge on any atom is 0.573 e. The molecular weight excluding hydrogens is 411 g/mol. The first-order chi connectivity index (χ1) is 14.7. The van der Waals surface area contributed by atoms with Gasteiger partial charge in [0.15, 0.2) is 0 Å². The molecule has 2 heterocycles. The first-order valence-electron chi connectivity index (χ1n) is 9.53. The molecule has 10 heteroatoms. The summed E-state index contributed by atoms with van der Waals surface area (Å²) in [6.45, 7) is 3.79. The smallest absolute Gasteiger partial charge is 0.406 e. The first-order valence-corrected chi connectivity index (χ1v) is 9.53. The molecule has 31 heavy (non-hydrogen) atoms. The normalized spacial score (nSPS) is 12.5. The summed E-state index contributed by atoms with van der Waals surface area (Å²) >= 11 is 0. The van der Waals surface area contributed by atoms with Crippen LogP contribution >= 0.6 is 0 Å². The molecular formula is C21H22F3N5O2. The van der Waals surface area contributed by atoms with Crippen molar-refractivity contribution in [1.29, 1.82) is 0 Å². The summed E-state index contributed by atoms with van der Waals surface area (Å²) in [6.07, 6.45) is -1.53. The van der Waals surface area contributed by atoms with Crippen molar-refractivity contribution in [3.05, 3.63) is 54.9 Å². The Hall–Kier alpha value is -3.40. The van der Waals surface area contributed by atoms with Crippen LogP contribution in [-0.4, -0.2) is 39.1 Å². The second kappa shape index (κ2) is 9.61. The molecule has 0 saturated heterocycles. The number of aliphatic hydroxyl groups excluding tert-OH is 1. The number of alkyl halides is 3. The van der Waals surface area contributed by atoms with Crippen LogP contribution in [0.2, 0.25) is 0 Å². The van der Waals surface area contributed by atoms with Crippen molar-refractivity contribution in [2.45, 2.75) is 26.3 Å². The molecule has 1 aromatic carbocycles. The Labute approximate surface area is 177 Å². The number of nitrogens with one attached hydrogen (secondary N) is 2. The summed E-state index contributed by atoms with van der Waals surface area (Å²) in [5.74, 6) is 0.395. The maximum atomic E-state index is 12.5. The summed E-state index contributed by atoms with van der Waals surface area (Å²) in [6, 6.07) is 10.4. The molecule has 164 valence electrons. The number of rotatable bonds is 8. The zero-order valence-corrected chi connectivity index (χ0v) is 16.9. The number of aromatic nitrogens is 3. The fourth-order valence-corrected chi connectivity index (χ4v) is 2.75. The van der Waals surface area contributed by atoms with E-state index in [1.807, 2.05) is 13.8 Å². The van der Waals surface area contributed by atoms with Gasteiger partial charge in [-0.25, -0.2) is 4.98 Å². The molecule has 1 atom stereocenters. The van der Waals surface area contributed by atoms with Gasteiger partial charge in [0.05, 0.1) is 18.3 Å². The van der Waals surface area contributed by atoms with Gasteiger partial charge in [-0.2, -0.15) is 4.98 Å². The Morgan fingerprint density at radius 2 is 1.81 bits per heavy atom. The van der Waals surface area contributed by atoms with Crippen molar-refractivity contribution in [3.63, 3.8) is 0 Å². The molecule has 7 nitrogen and oxygen atoms in total. The number of hydrogen-bond donors (Lipinski definition) is 3. The molecule has 0 bridgehead atoms. The maximum absolute atomic E-state index is 12.5. The molecule has 0 spiro atoms. The van der Waals surface area contributed by atoms with E-state index in [-0.39, 0.29) is 30.3 Å². The fraction of sp³-hybridized carbons (Fsp3) is 0.286. The highest BCUT2D eigenvalue weighted by molar-refractivity contribution is 5.67. The Kier molecular flexibility index (Phi) is 6.91. The van der Waals surface area contributed by atoms with Crippen LogP contribution in [0.5, 0.6) is 5.75 Å². The van der Waals surface area contributed by atoms with Gasteiger partial charge in [-0.05, 0) is 30.2 Å². The monoisotopic (exact) mass is 433 g/mol. The molecule has 0 fully saturated rings. The molecule has 0 aliphatic carbocycles. The Balaban J connectivity index is 1.93. The zero-order chi connectivity index (χ0) is 22.4. The molecule has 2 aromatic heterocycles. The average Bonchev–Trinajstić information content (AvgIpc) is 2.71. The third-order valence-corrected chi connectivity index (χ3v) is 4.36. The van der Waals surface area contributed by atoms with Crippen molar-refractivity contribution >= 4 is 17.5 Å². The summed E-state index contributed by atoms with van der Waals surface area (Å²) < 4.78 is 41.5. The minimum atomic E-state index is -4.78. The summed E-state index contributed by atoms with van der Waals surface area (Å²) in [5.41, 5.74) is 1.71. The second-order valence-electron chi connectivity index (χ2n) is 7.08. The standard InChI is InChI=1S/C21H22F3N5O2/c1-13(2)18(12-30)28-20-27-17(14-6-8-25-9-7-14)11-19(29-20)26-15-4-3-5-16(10-15)31-21(22,23)24/h3-11,13,18,30H,12H2,1-2H3,(H2,26,27,28,29)/t18-/m0/s1. The van der Waals surface area contributed by atoms with Crippen molar-refractivity contribution in [3.8, 4) is 17.0 Å². The number of nitrogens with zero attached hydrogens (tertiary/aromatic N) is 3. The van der Waals surface area contributed by atoms with Gasteiger partial charge in [-0.1, -0.05) is 19.9 Å². The first kappa shape index (κ1) is 22.3. The Morgan fingerprint density at radius 1 is 1.06 bits per heavy atom. The van der Waals surface area contributed by atoms with E-state index in [0.717, 1.165) is 5.56 Å². The molecule has 0 aliphatic heterocycles. The number of aliphatic hydroxyl groups is 1. The van der Waals surface area contributed by atoms with Crippen LogP contribution in [0.25, 0.3) is 11.3 Å². The number of ether oxygens (including phenoxy) is 1. The van der Waals surface area contributed by atoms with Gasteiger partial charge >= 0.3 is 6.36 Å². The fourth-order valence-electron chi connectivity index (χ4n) is 2.75. The van der Waals surface area contributed by atoms with E-state index in [2.05, 4.69) is 30.3 Å². The van der Waals surface area contributed by atoms with Crippen molar-refractivity contribution in [2.24, 2.45) is 5.92 Å². The number of anilines is 3. The topological polar surface area (TPSA) is 92.2 Å². The van der Waals surface area contributed by atoms with Gasteiger partial charge in [0.1, 0.15) is 11.6 Å². The Morgan fingerprint density at radius 3 is 2.45 bits per heavy atom. The van der Waals surface area contributed by atoms with Gasteiger partial charge in [0, 0.05) is 35.8 Å². The van der Waals surface area contributed by atoms with Crippen molar-refractivity contribution < 1.29 is 23.0 Å². The molecule has 3 rings (SSSR count). The van der Waals surface area contributed by atoms with Gasteiger partial charge < -0.3 is 20.5 Å². The second-order valence-corrected chi connectivity index (χ2v) is 7.08. The minimum Gasteiger partial charge on any atom is -0.406 e. The predicted molar refractivity (Wildman–Crippen MR) is 111 cm³/mol. The van der Waals surface area contributed by atoms with Gasteiger partial charge in [0.25, 0.3) is 0 Å². The third kappa shape index (κ3) is 6.54. The zero-order valence-electron chi connectivity index (χ0n) is 16.9. The highest BCUT2D eigenvalue weighted by atomic mass is 19.4. The van der Waals surface area contributed by atoms with Crippen molar-refractivity contribution in [2.75, 3.05) is 17.2 Å². The molecule has 0 radical (unpaired) electrons. The van der Waals surface area contributed by atoms with Crippen LogP contribution < -0.4 is 15.4 Å². The minimum absolute atomic E-state index is 0.111. The van der Waals surface area contributed by atoms with E-state index in [9.17, 15) is 18.3 Å². The lowest BCUT2D eigenvalue weighted by atomic mass is 10.1. The summed E-state index contributed by atoms with van der Waals surface area (Å²) in [4.78, 5) is 12.9. The van der Waals surface area contributed by atoms with E-state index < -0.39 is 6.36 Å². The predicted octanol–water partition coefficient (Wildman–Crippen LogP) is 4.61. The summed E-state index contributed by atoms with van der Waals surface area (Å²) in [5, 5.41) is 15.7. The molecule has 0 amide bonds. The highest BCUT2D eigenvalue weighted by Crippen LogP contribution is 2.28. The lowest BCUT2D eigenvalue weighted by Gasteiger charge is -2.20. The van der Waals surface area contributed by atoms with Crippen LogP contribution in [0.15, 0.2) is 54.9 Å². The third-order valence-electron chi connectivity index (χ3n) is 4.36. The van der Waals surface area contributed by atoms with Gasteiger partial charge in [-0.15, -0.1) is 13.2 Å². The number of benzene rings is 1. The molecule has 0 saturated carbocycles. The highest BCUT2D eigenvalue weighted by Gasteiger charge is 2.31. The van der Waals surface area contributed by atoms with Crippen LogP contribution in [0.3, 0.4) is 0 Å². The van der Waals surface area contributed by atoms with Crippen molar-refractivity contribution in [1.82, 2.24) is 15.0 Å². The molecule has 0 aliphatic rings. The number of hydrogen-bond acceptors (Lipinski definition) is 7. The molecule has 3 N–H and O–H groups in total. The van der Waals surface area contributed by atoms with Crippen LogP contribution in [0.1, 0.15) is 13.8 Å². The van der Waals surface area contributed by atoms with E-state index in [0.29, 0.717) is 17.2 Å². The van der Waals surface area contributed by atoms with Gasteiger partial charge in [-0.3, -0.25) is 4.98 Å². The largest absolute Gasteiger partial charge is 0.573 e. The lowest BCUT2D eigenvalue weighted by molar-refractivity contribution is -0.274. The number of pyridine rings is 1. The van der Waals surface area contributed by atoms with E-state index in [4.69, 9.17) is 0 Å². The lowest BCUT2D eigenvalue weighted by Crippen LogP contribution is -2.30. The van der Waals surface area contributed by atoms with Crippen LogP contribution in [0, 0.1) is 5.92 Å². The average molecular weight is 433 g/mol. The quantitative estimate of drug-likeness (QED) is 0.478. The SMILES string of the molecule is CC(C)[C@H](CO)Nc1nc(Nc2cccc(OC(F)(F)F)c2)cc(-c2ccncc2)n1. The Bertz CT molecular complexity index is 1000. The van der Waals surface area contributed by atoms with Crippen LogP contribution in [0.4, 0.5) is 30.6 Å². The van der Waals surface area contributed by atoms with Crippen LogP contribution in [-0.2, 0) is 0 Å². The molecule has 0 unspecified atom stereocenters. The van der Waals surface area contributed by atoms with Gasteiger partial charge in [0.2, 0.25) is 5.95 Å². The van der Waals surface area contributed by atoms with E-state index in [1.165, 1.54) is 18.2 Å². The number of halogens is 3. The molecule has 3 aromatic rings. The van der Waals surface area contributed by atoms with E-state index in [1.54, 1.807) is 36.7 Å².